The molecule has 2 atom stereocenters. The molecule has 3 amide bonds. The quantitative estimate of drug-likeness (QED) is 0.806. The molecule has 134 valence electrons. The maximum absolute atomic E-state index is 12.2. The normalized spacial score (nSPS) is 23.6. The van der Waals surface area contributed by atoms with Gasteiger partial charge in [-0.2, -0.15) is 0 Å². The molecule has 0 aliphatic carbocycles. The number of hydrogen-bond donors (Lipinski definition) is 2. The van der Waals surface area contributed by atoms with Crippen molar-refractivity contribution in [1.82, 2.24) is 0 Å². The topological polar surface area (TPSA) is 111 Å². The average molecular weight is 368 g/mol. The molecule has 2 saturated heterocycles. The van der Waals surface area contributed by atoms with Gasteiger partial charge in [-0.05, 0) is 18.2 Å². The van der Waals surface area contributed by atoms with Gasteiger partial charge in [0.25, 0.3) is 0 Å². The highest BCUT2D eigenvalue weighted by atomic mass is 35.5. The van der Waals surface area contributed by atoms with E-state index in [1.165, 1.54) is 0 Å². The molecule has 2 heterocycles. The van der Waals surface area contributed by atoms with E-state index >= 15 is 0 Å². The summed E-state index contributed by atoms with van der Waals surface area (Å²) in [6.45, 7) is 1.40. The van der Waals surface area contributed by atoms with E-state index in [0.717, 1.165) is 0 Å². The third-order valence-electron chi connectivity index (χ3n) is 4.16. The SMILES string of the molecule is NC(=O)C1OCC1C(=O)Nc1ccc(N2CCOCCC2=O)c(Cl)c1. The Balaban J connectivity index is 1.70. The summed E-state index contributed by atoms with van der Waals surface area (Å²) in [6.07, 6.45) is -0.602. The summed E-state index contributed by atoms with van der Waals surface area (Å²) >= 11 is 6.29. The van der Waals surface area contributed by atoms with Crippen LogP contribution in [0, 0.1) is 5.92 Å². The maximum Gasteiger partial charge on any atom is 0.247 e. The number of ether oxygens (including phenoxy) is 2. The van der Waals surface area contributed by atoms with E-state index in [0.29, 0.717) is 42.6 Å². The first-order valence-corrected chi connectivity index (χ1v) is 8.24. The van der Waals surface area contributed by atoms with Crippen LogP contribution in [-0.2, 0) is 23.9 Å². The number of rotatable bonds is 4. The molecule has 9 heteroatoms. The number of nitrogens with two attached hydrogens (primary N) is 1. The summed E-state index contributed by atoms with van der Waals surface area (Å²) in [5.74, 6) is -1.70. The van der Waals surface area contributed by atoms with Crippen molar-refractivity contribution >= 4 is 40.7 Å². The number of amides is 3. The fourth-order valence-electron chi connectivity index (χ4n) is 2.75. The summed E-state index contributed by atoms with van der Waals surface area (Å²) in [4.78, 5) is 37.0. The van der Waals surface area contributed by atoms with Crippen LogP contribution in [0.4, 0.5) is 11.4 Å². The van der Waals surface area contributed by atoms with Gasteiger partial charge < -0.3 is 25.4 Å². The lowest BCUT2D eigenvalue weighted by molar-refractivity contribution is -0.165. The largest absolute Gasteiger partial charge is 0.379 e. The van der Waals surface area contributed by atoms with Gasteiger partial charge in [0.1, 0.15) is 6.10 Å². The van der Waals surface area contributed by atoms with E-state index in [2.05, 4.69) is 5.32 Å². The fraction of sp³-hybridized carbons (Fsp3) is 0.438. The Labute approximate surface area is 149 Å². The molecular weight excluding hydrogens is 350 g/mol. The third-order valence-corrected chi connectivity index (χ3v) is 4.47. The average Bonchev–Trinajstić information content (AvgIpc) is 2.70. The molecule has 8 nitrogen and oxygen atoms in total. The molecule has 0 spiro atoms. The Morgan fingerprint density at radius 1 is 1.32 bits per heavy atom. The van der Waals surface area contributed by atoms with Crippen LogP contribution in [-0.4, -0.2) is 50.2 Å². The second-order valence-corrected chi connectivity index (χ2v) is 6.23. The van der Waals surface area contributed by atoms with E-state index in [-0.39, 0.29) is 18.4 Å². The Morgan fingerprint density at radius 3 is 2.76 bits per heavy atom. The van der Waals surface area contributed by atoms with E-state index in [4.69, 9.17) is 26.8 Å². The number of nitrogens with zero attached hydrogens (tertiary/aromatic N) is 1. The molecule has 0 radical (unpaired) electrons. The first-order valence-electron chi connectivity index (χ1n) is 7.87. The predicted octanol–water partition coefficient (Wildman–Crippen LogP) is 0.532. The second kappa shape index (κ2) is 7.38. The summed E-state index contributed by atoms with van der Waals surface area (Å²) in [5, 5.41) is 3.02. The number of benzene rings is 1. The number of halogens is 1. The first kappa shape index (κ1) is 17.7. The standard InChI is InChI=1S/C16H18ClN3O5/c17-11-7-9(19-16(23)10-8-25-14(10)15(18)22)1-2-12(11)20-4-6-24-5-3-13(20)21/h1-2,7,10,14H,3-6,8H2,(H2,18,22)(H,19,23). The molecule has 2 aliphatic heterocycles. The highest BCUT2D eigenvalue weighted by Gasteiger charge is 2.41. The predicted molar refractivity (Wildman–Crippen MR) is 90.3 cm³/mol. The molecule has 2 fully saturated rings. The zero-order chi connectivity index (χ0) is 18.0. The summed E-state index contributed by atoms with van der Waals surface area (Å²) in [6, 6.07) is 4.88. The highest BCUT2D eigenvalue weighted by Crippen LogP contribution is 2.30. The molecule has 1 aromatic rings. The van der Waals surface area contributed by atoms with Crippen LogP contribution in [0.25, 0.3) is 0 Å². The molecule has 0 bridgehead atoms. The van der Waals surface area contributed by atoms with Crippen molar-refractivity contribution in [3.05, 3.63) is 23.2 Å². The van der Waals surface area contributed by atoms with Gasteiger partial charge in [-0.15, -0.1) is 0 Å². The van der Waals surface area contributed by atoms with E-state index < -0.39 is 17.9 Å². The zero-order valence-electron chi connectivity index (χ0n) is 13.4. The van der Waals surface area contributed by atoms with Crippen molar-refractivity contribution in [2.75, 3.05) is 36.6 Å². The van der Waals surface area contributed by atoms with Crippen molar-refractivity contribution in [3.8, 4) is 0 Å². The summed E-state index contributed by atoms with van der Waals surface area (Å²) in [7, 11) is 0. The Bertz CT molecular complexity index is 711. The molecule has 3 N–H and O–H groups in total. The maximum atomic E-state index is 12.2. The lowest BCUT2D eigenvalue weighted by atomic mass is 9.96. The summed E-state index contributed by atoms with van der Waals surface area (Å²) < 4.78 is 10.3. The Morgan fingerprint density at radius 2 is 2.12 bits per heavy atom. The molecular formula is C16H18ClN3O5. The first-order chi connectivity index (χ1) is 12.0. The minimum absolute atomic E-state index is 0.0629. The van der Waals surface area contributed by atoms with Gasteiger partial charge in [0.15, 0.2) is 0 Å². The van der Waals surface area contributed by atoms with Gasteiger partial charge in [0, 0.05) is 12.2 Å². The minimum Gasteiger partial charge on any atom is -0.379 e. The molecule has 2 aliphatic rings. The van der Waals surface area contributed by atoms with Crippen molar-refractivity contribution in [2.45, 2.75) is 12.5 Å². The van der Waals surface area contributed by atoms with Crippen LogP contribution in [0.1, 0.15) is 6.42 Å². The van der Waals surface area contributed by atoms with Crippen molar-refractivity contribution in [1.29, 1.82) is 0 Å². The van der Waals surface area contributed by atoms with Gasteiger partial charge in [-0.25, -0.2) is 0 Å². The van der Waals surface area contributed by atoms with E-state index in [1.807, 2.05) is 0 Å². The van der Waals surface area contributed by atoms with Gasteiger partial charge >= 0.3 is 0 Å². The van der Waals surface area contributed by atoms with Crippen LogP contribution < -0.4 is 16.0 Å². The number of anilines is 2. The Hall–Kier alpha value is -2.16. The Kier molecular flexibility index (Phi) is 5.22. The zero-order valence-corrected chi connectivity index (χ0v) is 14.1. The van der Waals surface area contributed by atoms with Crippen LogP contribution in [0.5, 0.6) is 0 Å². The fourth-order valence-corrected chi connectivity index (χ4v) is 3.04. The van der Waals surface area contributed by atoms with E-state index in [1.54, 1.807) is 23.1 Å². The lowest BCUT2D eigenvalue weighted by Gasteiger charge is -2.33. The molecule has 0 aromatic heterocycles. The van der Waals surface area contributed by atoms with E-state index in [9.17, 15) is 14.4 Å². The van der Waals surface area contributed by atoms with Gasteiger partial charge in [-0.1, -0.05) is 11.6 Å². The molecule has 0 saturated carbocycles. The number of nitrogens with one attached hydrogen (secondary N) is 1. The van der Waals surface area contributed by atoms with Crippen molar-refractivity contribution < 1.29 is 23.9 Å². The number of hydrogen-bond acceptors (Lipinski definition) is 5. The van der Waals surface area contributed by atoms with Crippen LogP contribution in [0.15, 0.2) is 18.2 Å². The van der Waals surface area contributed by atoms with Crippen molar-refractivity contribution in [2.24, 2.45) is 11.7 Å². The molecule has 1 aromatic carbocycles. The number of carbonyl (C=O) groups is 3. The minimum atomic E-state index is -0.899. The summed E-state index contributed by atoms with van der Waals surface area (Å²) in [5.41, 5.74) is 6.19. The van der Waals surface area contributed by atoms with Crippen LogP contribution >= 0.6 is 11.6 Å². The molecule has 3 rings (SSSR count). The van der Waals surface area contributed by atoms with Gasteiger partial charge in [0.2, 0.25) is 17.7 Å². The highest BCUT2D eigenvalue weighted by molar-refractivity contribution is 6.34. The number of primary amides is 1. The molecule has 2 unspecified atom stereocenters. The van der Waals surface area contributed by atoms with Gasteiger partial charge in [-0.3, -0.25) is 14.4 Å². The monoisotopic (exact) mass is 367 g/mol. The van der Waals surface area contributed by atoms with Crippen molar-refractivity contribution in [3.63, 3.8) is 0 Å². The third kappa shape index (κ3) is 3.76. The lowest BCUT2D eigenvalue weighted by Crippen LogP contribution is -2.53. The van der Waals surface area contributed by atoms with Gasteiger partial charge in [0.05, 0.1) is 42.9 Å². The van der Waals surface area contributed by atoms with Crippen LogP contribution in [0.2, 0.25) is 5.02 Å². The number of carbonyl (C=O) groups excluding carboxylic acids is 3. The second-order valence-electron chi connectivity index (χ2n) is 5.83. The smallest absolute Gasteiger partial charge is 0.247 e. The molecule has 25 heavy (non-hydrogen) atoms. The van der Waals surface area contributed by atoms with Crippen LogP contribution in [0.3, 0.4) is 0 Å².